The molecule has 0 aliphatic carbocycles. The van der Waals surface area contributed by atoms with Gasteiger partial charge in [0, 0.05) is 5.56 Å². The molecule has 0 amide bonds. The Kier molecular flexibility index (Phi) is 2.10. The summed E-state index contributed by atoms with van der Waals surface area (Å²) in [7, 11) is 0. The van der Waals surface area contributed by atoms with E-state index in [1.54, 1.807) is 0 Å². The molecule has 0 unspecified atom stereocenters. The molecule has 1 aliphatic heterocycles. The number of hydrogen-bond acceptors (Lipinski definition) is 2. The molecule has 0 saturated carbocycles. The van der Waals surface area contributed by atoms with Crippen LogP contribution in [0.3, 0.4) is 0 Å². The summed E-state index contributed by atoms with van der Waals surface area (Å²) in [6, 6.07) is 7.91. The predicted molar refractivity (Wildman–Crippen MR) is 46.9 cm³/mol. The van der Waals surface area contributed by atoms with Gasteiger partial charge in [0.05, 0.1) is 6.61 Å². The lowest BCUT2D eigenvalue weighted by Crippen LogP contribution is -2.05. The second kappa shape index (κ2) is 3.41. The molecule has 2 heteroatoms. The average molecular weight is 162 g/mol. The lowest BCUT2D eigenvalue weighted by molar-refractivity contribution is 0.0296. The minimum atomic E-state index is 0.335. The average Bonchev–Trinajstić information content (AvgIpc) is 2.06. The van der Waals surface area contributed by atoms with E-state index in [0.717, 1.165) is 11.3 Å². The van der Waals surface area contributed by atoms with Gasteiger partial charge in [-0.3, -0.25) is 0 Å². The molecule has 1 heterocycles. The van der Waals surface area contributed by atoms with E-state index in [0.29, 0.717) is 13.4 Å². The SMILES string of the molecule is C1=Cc2ccccc2OCOC1. The fourth-order valence-corrected chi connectivity index (χ4v) is 1.15. The molecule has 2 rings (SSSR count). The van der Waals surface area contributed by atoms with Gasteiger partial charge in [0.25, 0.3) is 0 Å². The number of rotatable bonds is 0. The Morgan fingerprint density at radius 2 is 2.08 bits per heavy atom. The van der Waals surface area contributed by atoms with E-state index >= 15 is 0 Å². The van der Waals surface area contributed by atoms with Crippen LogP contribution in [0.2, 0.25) is 0 Å². The van der Waals surface area contributed by atoms with Crippen molar-refractivity contribution in [3.63, 3.8) is 0 Å². The zero-order valence-corrected chi connectivity index (χ0v) is 6.69. The van der Waals surface area contributed by atoms with Crippen LogP contribution in [0.1, 0.15) is 5.56 Å². The zero-order chi connectivity index (χ0) is 8.23. The summed E-state index contributed by atoms with van der Waals surface area (Å²) in [4.78, 5) is 0. The van der Waals surface area contributed by atoms with Gasteiger partial charge < -0.3 is 9.47 Å². The maximum absolute atomic E-state index is 5.35. The number of para-hydroxylation sites is 1. The highest BCUT2D eigenvalue weighted by Crippen LogP contribution is 2.20. The molecule has 1 aromatic carbocycles. The monoisotopic (exact) mass is 162 g/mol. The lowest BCUT2D eigenvalue weighted by atomic mass is 10.2. The Hall–Kier alpha value is -1.28. The van der Waals surface area contributed by atoms with Crippen LogP contribution in [-0.4, -0.2) is 13.4 Å². The maximum atomic E-state index is 5.35. The first-order valence-electron chi connectivity index (χ1n) is 3.93. The van der Waals surface area contributed by atoms with Gasteiger partial charge in [-0.15, -0.1) is 0 Å². The van der Waals surface area contributed by atoms with Crippen LogP contribution in [0.5, 0.6) is 5.75 Å². The van der Waals surface area contributed by atoms with E-state index in [1.807, 2.05) is 36.4 Å². The minimum Gasteiger partial charge on any atom is -0.467 e. The van der Waals surface area contributed by atoms with Gasteiger partial charge in [-0.1, -0.05) is 30.4 Å². The molecule has 1 aromatic rings. The molecule has 0 fully saturated rings. The third-order valence-corrected chi connectivity index (χ3v) is 1.73. The van der Waals surface area contributed by atoms with Crippen LogP contribution in [-0.2, 0) is 4.74 Å². The highest BCUT2D eigenvalue weighted by molar-refractivity contribution is 5.57. The van der Waals surface area contributed by atoms with E-state index in [-0.39, 0.29) is 0 Å². The third-order valence-electron chi connectivity index (χ3n) is 1.73. The first-order chi connectivity index (χ1) is 5.97. The van der Waals surface area contributed by atoms with E-state index < -0.39 is 0 Å². The van der Waals surface area contributed by atoms with Gasteiger partial charge in [-0.2, -0.15) is 0 Å². The van der Waals surface area contributed by atoms with Crippen LogP contribution >= 0.6 is 0 Å². The second-order valence-electron chi connectivity index (χ2n) is 2.57. The normalized spacial score (nSPS) is 15.7. The van der Waals surface area contributed by atoms with Crippen LogP contribution in [0, 0.1) is 0 Å². The second-order valence-corrected chi connectivity index (χ2v) is 2.57. The quantitative estimate of drug-likeness (QED) is 0.581. The number of hydrogen-bond donors (Lipinski definition) is 0. The van der Waals surface area contributed by atoms with Crippen molar-refractivity contribution in [2.24, 2.45) is 0 Å². The Morgan fingerprint density at radius 3 is 3.08 bits per heavy atom. The lowest BCUT2D eigenvalue weighted by Gasteiger charge is -2.11. The van der Waals surface area contributed by atoms with E-state index in [9.17, 15) is 0 Å². The van der Waals surface area contributed by atoms with E-state index in [4.69, 9.17) is 9.47 Å². The third kappa shape index (κ3) is 1.48. The highest BCUT2D eigenvalue weighted by Gasteiger charge is 2.00. The zero-order valence-electron chi connectivity index (χ0n) is 6.69. The van der Waals surface area contributed by atoms with Gasteiger partial charge in [0.15, 0.2) is 6.79 Å². The Balaban J connectivity index is 2.36. The molecule has 1 aliphatic rings. The minimum absolute atomic E-state index is 0.335. The van der Waals surface area contributed by atoms with Crippen molar-refractivity contribution < 1.29 is 9.47 Å². The highest BCUT2D eigenvalue weighted by atomic mass is 16.7. The van der Waals surface area contributed by atoms with Gasteiger partial charge >= 0.3 is 0 Å². The van der Waals surface area contributed by atoms with Crippen LogP contribution in [0.4, 0.5) is 0 Å². The molecule has 0 N–H and O–H groups in total. The van der Waals surface area contributed by atoms with E-state index in [1.165, 1.54) is 0 Å². The smallest absolute Gasteiger partial charge is 0.189 e. The number of benzene rings is 1. The largest absolute Gasteiger partial charge is 0.467 e. The van der Waals surface area contributed by atoms with Crippen molar-refractivity contribution in [2.75, 3.05) is 13.4 Å². The van der Waals surface area contributed by atoms with Crippen LogP contribution in [0.25, 0.3) is 6.08 Å². The molecule has 12 heavy (non-hydrogen) atoms. The molecular weight excluding hydrogens is 152 g/mol. The van der Waals surface area contributed by atoms with Gasteiger partial charge in [-0.05, 0) is 6.07 Å². The molecule has 0 radical (unpaired) electrons. The summed E-state index contributed by atoms with van der Waals surface area (Å²) in [5.74, 6) is 0.883. The maximum Gasteiger partial charge on any atom is 0.189 e. The number of fused-ring (bicyclic) bond motifs is 1. The fraction of sp³-hybridized carbons (Fsp3) is 0.200. The molecule has 62 valence electrons. The summed E-state index contributed by atoms with van der Waals surface area (Å²) in [6.07, 6.45) is 4.00. The van der Waals surface area contributed by atoms with Crippen molar-refractivity contribution in [3.05, 3.63) is 35.9 Å². The van der Waals surface area contributed by atoms with E-state index in [2.05, 4.69) is 0 Å². The van der Waals surface area contributed by atoms with Crippen molar-refractivity contribution in [2.45, 2.75) is 0 Å². The molecule has 0 bridgehead atoms. The molecule has 2 nitrogen and oxygen atoms in total. The standard InChI is InChI=1S/C10H10O2/c1-2-6-10-9(4-1)5-3-7-11-8-12-10/h1-6H,7-8H2. The molecular formula is C10H10O2. The molecule has 0 spiro atoms. The first kappa shape index (κ1) is 7.37. The van der Waals surface area contributed by atoms with Crippen molar-refractivity contribution in [1.29, 1.82) is 0 Å². The topological polar surface area (TPSA) is 18.5 Å². The fourth-order valence-electron chi connectivity index (χ4n) is 1.15. The Bertz CT molecular complexity index is 292. The summed E-state index contributed by atoms with van der Waals surface area (Å²) in [5.41, 5.74) is 1.11. The van der Waals surface area contributed by atoms with Crippen molar-refractivity contribution in [1.82, 2.24) is 0 Å². The van der Waals surface area contributed by atoms with Crippen LogP contribution in [0.15, 0.2) is 30.3 Å². The summed E-state index contributed by atoms with van der Waals surface area (Å²) < 4.78 is 10.5. The molecule has 0 aromatic heterocycles. The number of ether oxygens (including phenoxy) is 2. The van der Waals surface area contributed by atoms with Gasteiger partial charge in [0.2, 0.25) is 0 Å². The molecule has 0 atom stereocenters. The van der Waals surface area contributed by atoms with Gasteiger partial charge in [-0.25, -0.2) is 0 Å². The Labute approximate surface area is 71.4 Å². The summed E-state index contributed by atoms with van der Waals surface area (Å²) >= 11 is 0. The Morgan fingerprint density at radius 1 is 1.17 bits per heavy atom. The van der Waals surface area contributed by atoms with Crippen molar-refractivity contribution >= 4 is 6.08 Å². The first-order valence-corrected chi connectivity index (χ1v) is 3.93. The summed E-state index contributed by atoms with van der Waals surface area (Å²) in [6.45, 7) is 0.954. The van der Waals surface area contributed by atoms with Gasteiger partial charge in [0.1, 0.15) is 5.75 Å². The van der Waals surface area contributed by atoms with Crippen molar-refractivity contribution in [3.8, 4) is 5.75 Å². The summed E-state index contributed by atoms with van der Waals surface area (Å²) in [5, 5.41) is 0. The predicted octanol–water partition coefficient (Wildman–Crippen LogP) is 2.07. The molecule has 0 saturated heterocycles. The van der Waals surface area contributed by atoms with Crippen LogP contribution < -0.4 is 4.74 Å².